The van der Waals surface area contributed by atoms with Crippen molar-refractivity contribution >= 4 is 47.3 Å². The van der Waals surface area contributed by atoms with Gasteiger partial charge in [-0.2, -0.15) is 0 Å². The molecule has 0 unspecified atom stereocenters. The molecule has 32 heavy (non-hydrogen) atoms. The van der Waals surface area contributed by atoms with E-state index in [-0.39, 0.29) is 18.4 Å². The molecule has 0 aromatic carbocycles. The van der Waals surface area contributed by atoms with Gasteiger partial charge in [-0.1, -0.05) is 0 Å². The highest BCUT2D eigenvalue weighted by Gasteiger charge is 2.42. The van der Waals surface area contributed by atoms with Gasteiger partial charge in [0.05, 0.1) is 12.5 Å². The minimum atomic E-state index is -0.886. The predicted molar refractivity (Wildman–Crippen MR) is 113 cm³/mol. The van der Waals surface area contributed by atoms with Gasteiger partial charge in [-0.15, -0.1) is 11.8 Å². The highest BCUT2D eigenvalue weighted by molar-refractivity contribution is 7.99. The number of ether oxygens (including phenoxy) is 1. The lowest BCUT2D eigenvalue weighted by Gasteiger charge is -2.31. The Balaban J connectivity index is 2.09. The minimum absolute atomic E-state index is 0.116. The van der Waals surface area contributed by atoms with E-state index in [1.807, 2.05) is 0 Å². The van der Waals surface area contributed by atoms with Gasteiger partial charge in [0.15, 0.2) is 0 Å². The number of hydrazine groups is 1. The molecule has 2 fully saturated rings. The van der Waals surface area contributed by atoms with Gasteiger partial charge in [-0.05, 0) is 19.8 Å². The number of primary amides is 1. The van der Waals surface area contributed by atoms with Crippen molar-refractivity contribution in [2.75, 3.05) is 31.3 Å². The highest BCUT2D eigenvalue weighted by atomic mass is 32.2. The molecule has 0 bridgehead atoms. The van der Waals surface area contributed by atoms with E-state index in [0.717, 1.165) is 12.2 Å². The number of amides is 5. The molecule has 0 saturated carbocycles. The summed E-state index contributed by atoms with van der Waals surface area (Å²) in [4.78, 5) is 75.7. The zero-order valence-corrected chi connectivity index (χ0v) is 18.8. The van der Waals surface area contributed by atoms with Crippen LogP contribution in [0.25, 0.3) is 0 Å². The summed E-state index contributed by atoms with van der Waals surface area (Å²) < 4.78 is 4.68. The van der Waals surface area contributed by atoms with Crippen molar-refractivity contribution in [1.82, 2.24) is 20.2 Å². The molecule has 0 spiro atoms. The number of thioether (sulfide) groups is 1. The molecular weight excluding hydrogens is 442 g/mol. The highest BCUT2D eigenvalue weighted by Crippen LogP contribution is 2.26. The first-order chi connectivity index (χ1) is 15.1. The molecule has 2 aliphatic heterocycles. The zero-order valence-electron chi connectivity index (χ0n) is 17.9. The van der Waals surface area contributed by atoms with Gasteiger partial charge in [0, 0.05) is 31.4 Å². The lowest BCUT2D eigenvalue weighted by Crippen LogP contribution is -2.57. The summed E-state index contributed by atoms with van der Waals surface area (Å²) in [6, 6.07) is -1.53. The predicted octanol–water partition coefficient (Wildman–Crippen LogP) is -1.64. The number of carbonyl (C=O) groups is 6. The van der Waals surface area contributed by atoms with Gasteiger partial charge in [0.2, 0.25) is 17.7 Å². The Labute approximate surface area is 189 Å². The van der Waals surface area contributed by atoms with Crippen LogP contribution in [0.1, 0.15) is 26.7 Å². The van der Waals surface area contributed by atoms with Crippen LogP contribution in [0, 0.1) is 0 Å². The molecule has 2 heterocycles. The maximum atomic E-state index is 13.0. The Bertz CT molecular complexity index is 818. The van der Waals surface area contributed by atoms with E-state index in [2.05, 4.69) is 10.2 Å². The van der Waals surface area contributed by atoms with E-state index in [0.29, 0.717) is 36.0 Å². The number of hydrogen-bond acceptors (Lipinski definition) is 8. The van der Waals surface area contributed by atoms with Crippen LogP contribution in [-0.2, 0) is 33.5 Å². The summed E-state index contributed by atoms with van der Waals surface area (Å²) in [6.07, 6.45) is 2.63. The first kappa shape index (κ1) is 25.2. The van der Waals surface area contributed by atoms with Crippen LogP contribution in [-0.4, -0.2) is 93.7 Å². The molecular formula is C19H27N5O7S. The number of esters is 1. The quantitative estimate of drug-likeness (QED) is 0.255. The third kappa shape index (κ3) is 6.45. The molecule has 176 valence electrons. The summed E-state index contributed by atoms with van der Waals surface area (Å²) in [5, 5.41) is 0.675. The Morgan fingerprint density at radius 1 is 1.16 bits per heavy atom. The monoisotopic (exact) mass is 469 g/mol. The first-order valence-corrected chi connectivity index (χ1v) is 11.2. The van der Waals surface area contributed by atoms with Crippen LogP contribution < -0.4 is 11.2 Å². The molecule has 0 radical (unpaired) electrons. The summed E-state index contributed by atoms with van der Waals surface area (Å²) >= 11 is 1.46. The van der Waals surface area contributed by atoms with E-state index in [1.165, 1.54) is 28.5 Å². The lowest BCUT2D eigenvalue weighted by molar-refractivity contribution is -0.148. The number of likely N-dealkylation sites (tertiary alicyclic amines) is 1. The van der Waals surface area contributed by atoms with Crippen LogP contribution in [0.3, 0.4) is 0 Å². The topological polar surface area (TPSA) is 159 Å². The van der Waals surface area contributed by atoms with Crippen molar-refractivity contribution in [3.05, 3.63) is 12.2 Å². The molecule has 2 atom stereocenters. The van der Waals surface area contributed by atoms with Crippen molar-refractivity contribution in [1.29, 1.82) is 0 Å². The SMILES string of the molecule is CCOC(=O)/C=C/C(=O)N(CC(N)=O)NC(=O)[C@@H]1CCCN1C(=O)[C@H]1CSCN1C(C)=O. The van der Waals surface area contributed by atoms with Gasteiger partial charge in [-0.25, -0.2) is 9.80 Å². The van der Waals surface area contributed by atoms with Gasteiger partial charge >= 0.3 is 5.97 Å². The third-order valence-electron chi connectivity index (χ3n) is 4.88. The standard InChI is InChI=1S/C19H27N5O7S/c1-3-31-17(28)7-6-16(27)24(9-15(20)26)21-18(29)13-5-4-8-22(13)19(30)14-10-32-11-23(14)12(2)25/h6-7,13-14H,3-5,8-11H2,1-2H3,(H2,20,26)(H,21,29)/b7-6+/t13-,14+/m0/s1. The number of hydrogen-bond donors (Lipinski definition) is 2. The maximum Gasteiger partial charge on any atom is 0.330 e. The van der Waals surface area contributed by atoms with Crippen molar-refractivity contribution in [3.63, 3.8) is 0 Å². The van der Waals surface area contributed by atoms with E-state index in [1.54, 1.807) is 6.92 Å². The smallest absolute Gasteiger partial charge is 0.330 e. The van der Waals surface area contributed by atoms with Gasteiger partial charge < -0.3 is 20.3 Å². The number of nitrogens with zero attached hydrogens (tertiary/aromatic N) is 3. The normalized spacial score (nSPS) is 20.3. The van der Waals surface area contributed by atoms with Crippen molar-refractivity contribution in [2.24, 2.45) is 5.73 Å². The lowest BCUT2D eigenvalue weighted by atomic mass is 10.2. The fourth-order valence-electron chi connectivity index (χ4n) is 3.41. The van der Waals surface area contributed by atoms with Crippen molar-refractivity contribution < 1.29 is 33.5 Å². The number of carbonyl (C=O) groups excluding carboxylic acids is 6. The Morgan fingerprint density at radius 3 is 2.50 bits per heavy atom. The summed E-state index contributed by atoms with van der Waals surface area (Å²) in [5.41, 5.74) is 7.48. The second-order valence-corrected chi connectivity index (χ2v) is 8.15. The molecule has 13 heteroatoms. The molecule has 12 nitrogen and oxygen atoms in total. The second-order valence-electron chi connectivity index (χ2n) is 7.15. The minimum Gasteiger partial charge on any atom is -0.463 e. The fourth-order valence-corrected chi connectivity index (χ4v) is 4.62. The molecule has 2 rings (SSSR count). The average molecular weight is 470 g/mol. The number of nitrogens with one attached hydrogen (secondary N) is 1. The van der Waals surface area contributed by atoms with Crippen molar-refractivity contribution in [2.45, 2.75) is 38.8 Å². The Morgan fingerprint density at radius 2 is 1.88 bits per heavy atom. The summed E-state index contributed by atoms with van der Waals surface area (Å²) in [5.74, 6) is -2.90. The summed E-state index contributed by atoms with van der Waals surface area (Å²) in [7, 11) is 0. The fraction of sp³-hybridized carbons (Fsp3) is 0.579. The molecule has 0 aliphatic carbocycles. The average Bonchev–Trinajstić information content (AvgIpc) is 3.40. The van der Waals surface area contributed by atoms with Crippen molar-refractivity contribution in [3.8, 4) is 0 Å². The van der Waals surface area contributed by atoms with E-state index in [9.17, 15) is 28.8 Å². The Hall–Kier alpha value is -3.09. The zero-order chi connectivity index (χ0) is 23.8. The van der Waals surface area contributed by atoms with E-state index >= 15 is 0 Å². The van der Waals surface area contributed by atoms with Crippen LogP contribution in [0.4, 0.5) is 0 Å². The van der Waals surface area contributed by atoms with Crippen LogP contribution >= 0.6 is 11.8 Å². The summed E-state index contributed by atoms with van der Waals surface area (Å²) in [6.45, 7) is 2.80. The van der Waals surface area contributed by atoms with Gasteiger partial charge in [0.25, 0.3) is 11.8 Å². The van der Waals surface area contributed by atoms with Gasteiger partial charge in [-0.3, -0.25) is 29.4 Å². The molecule has 5 amide bonds. The molecule has 2 saturated heterocycles. The van der Waals surface area contributed by atoms with E-state index in [4.69, 9.17) is 5.73 Å². The van der Waals surface area contributed by atoms with Gasteiger partial charge in [0.1, 0.15) is 18.6 Å². The third-order valence-corrected chi connectivity index (χ3v) is 5.90. The largest absolute Gasteiger partial charge is 0.463 e. The maximum absolute atomic E-state index is 13.0. The Kier molecular flexibility index (Phi) is 9.05. The number of rotatable bonds is 7. The first-order valence-electron chi connectivity index (χ1n) is 10.1. The van der Waals surface area contributed by atoms with Crippen LogP contribution in [0.5, 0.6) is 0 Å². The van der Waals surface area contributed by atoms with Crippen LogP contribution in [0.2, 0.25) is 0 Å². The number of nitrogens with two attached hydrogens (primary N) is 1. The molecule has 2 aliphatic rings. The second kappa shape index (κ2) is 11.5. The molecule has 3 N–H and O–H groups in total. The molecule has 0 aromatic heterocycles. The van der Waals surface area contributed by atoms with Crippen LogP contribution in [0.15, 0.2) is 12.2 Å². The van der Waals surface area contributed by atoms with E-state index < -0.39 is 42.3 Å². The molecule has 0 aromatic rings.